The van der Waals surface area contributed by atoms with Crippen LogP contribution < -0.4 is 51.4 Å². The van der Waals surface area contributed by atoms with Crippen molar-refractivity contribution in [2.75, 3.05) is 0 Å². The Morgan fingerprint density at radius 2 is 1.60 bits per heavy atom. The molecule has 1 aromatic rings. The van der Waals surface area contributed by atoms with Gasteiger partial charge >= 0.3 is 51.4 Å². The van der Waals surface area contributed by atoms with E-state index in [-0.39, 0.29) is 51.4 Å². The molecule has 1 heterocycles. The zero-order valence-corrected chi connectivity index (χ0v) is 10.2. The SMILES string of the molecule is CC.Cc1cn[c-]nc1.[K+]. The van der Waals surface area contributed by atoms with Gasteiger partial charge in [0, 0.05) is 6.33 Å². The van der Waals surface area contributed by atoms with Crippen molar-refractivity contribution in [2.24, 2.45) is 0 Å². The van der Waals surface area contributed by atoms with Crippen molar-refractivity contribution in [3.63, 3.8) is 0 Å². The first-order chi connectivity index (χ1) is 4.39. The summed E-state index contributed by atoms with van der Waals surface area (Å²) in [5.41, 5.74) is 1.07. The van der Waals surface area contributed by atoms with Crippen molar-refractivity contribution in [1.82, 2.24) is 9.97 Å². The number of hydrogen-bond acceptors (Lipinski definition) is 2. The molecule has 0 fully saturated rings. The molecule has 50 valence electrons. The van der Waals surface area contributed by atoms with Crippen molar-refractivity contribution in [1.29, 1.82) is 0 Å². The van der Waals surface area contributed by atoms with Gasteiger partial charge in [-0.2, -0.15) is 0 Å². The molecule has 0 aliphatic heterocycles. The topological polar surface area (TPSA) is 25.8 Å². The molecule has 0 radical (unpaired) electrons. The van der Waals surface area contributed by atoms with Crippen molar-refractivity contribution in [3.05, 3.63) is 24.3 Å². The van der Waals surface area contributed by atoms with Crippen LogP contribution in [0.15, 0.2) is 12.4 Å². The number of aromatic nitrogens is 2. The molecule has 0 atom stereocenters. The normalized spacial score (nSPS) is 6.70. The van der Waals surface area contributed by atoms with E-state index in [9.17, 15) is 0 Å². The molecular formula is C7H11KN2. The van der Waals surface area contributed by atoms with Crippen LogP contribution in [0.2, 0.25) is 0 Å². The number of rotatable bonds is 0. The standard InChI is InChI=1S/C5H5N2.C2H6.K/c1-5-2-6-4-7-3-5;1-2;/h2-3H,1H3;1-2H3;/q-1;;+1. The molecule has 1 rings (SSSR count). The zero-order chi connectivity index (χ0) is 7.11. The predicted octanol–water partition coefficient (Wildman–Crippen LogP) is -1.38. The molecule has 0 aromatic carbocycles. The van der Waals surface area contributed by atoms with Crippen molar-refractivity contribution in [2.45, 2.75) is 20.8 Å². The molecule has 1 aromatic heterocycles. The second kappa shape index (κ2) is 9.72. The first-order valence-corrected chi connectivity index (χ1v) is 3.04. The van der Waals surface area contributed by atoms with E-state index in [0.29, 0.717) is 0 Å². The van der Waals surface area contributed by atoms with Gasteiger partial charge < -0.3 is 9.97 Å². The van der Waals surface area contributed by atoms with Crippen molar-refractivity contribution in [3.8, 4) is 0 Å². The Labute approximate surface area is 105 Å². The molecule has 0 spiro atoms. The van der Waals surface area contributed by atoms with E-state index >= 15 is 0 Å². The van der Waals surface area contributed by atoms with Crippen LogP contribution >= 0.6 is 0 Å². The quantitative estimate of drug-likeness (QED) is 0.347. The average Bonchev–Trinajstić information content (AvgIpc) is 1.94. The van der Waals surface area contributed by atoms with Gasteiger partial charge in [-0.3, -0.25) is 0 Å². The summed E-state index contributed by atoms with van der Waals surface area (Å²) in [5.74, 6) is 0. The van der Waals surface area contributed by atoms with Gasteiger partial charge in [-0.15, -0.1) is 5.56 Å². The maximum absolute atomic E-state index is 3.65. The molecule has 0 unspecified atom stereocenters. The third-order valence-corrected chi connectivity index (χ3v) is 0.652. The van der Waals surface area contributed by atoms with Crippen molar-refractivity contribution < 1.29 is 51.4 Å². The first-order valence-electron chi connectivity index (χ1n) is 3.04. The van der Waals surface area contributed by atoms with Crippen LogP contribution in [0.5, 0.6) is 0 Å². The van der Waals surface area contributed by atoms with Crippen LogP contribution in [0.4, 0.5) is 0 Å². The summed E-state index contributed by atoms with van der Waals surface area (Å²) < 4.78 is 0. The van der Waals surface area contributed by atoms with Crippen LogP contribution in [0.1, 0.15) is 19.4 Å². The Morgan fingerprint density at radius 1 is 1.20 bits per heavy atom. The van der Waals surface area contributed by atoms with Crippen LogP contribution in [-0.4, -0.2) is 9.97 Å². The summed E-state index contributed by atoms with van der Waals surface area (Å²) in [6, 6.07) is 0. The molecular weight excluding hydrogens is 151 g/mol. The van der Waals surface area contributed by atoms with E-state index in [1.165, 1.54) is 0 Å². The predicted molar refractivity (Wildman–Crippen MR) is 37.0 cm³/mol. The monoisotopic (exact) mass is 162 g/mol. The fourth-order valence-electron chi connectivity index (χ4n) is 0.328. The van der Waals surface area contributed by atoms with E-state index < -0.39 is 0 Å². The van der Waals surface area contributed by atoms with Gasteiger partial charge in [-0.1, -0.05) is 33.2 Å². The molecule has 0 N–H and O–H groups in total. The van der Waals surface area contributed by atoms with Crippen LogP contribution in [0.3, 0.4) is 0 Å². The van der Waals surface area contributed by atoms with E-state index in [4.69, 9.17) is 0 Å². The summed E-state index contributed by atoms with van der Waals surface area (Å²) in [6.45, 7) is 5.94. The summed E-state index contributed by atoms with van der Waals surface area (Å²) in [7, 11) is 0. The maximum Gasteiger partial charge on any atom is 1.00 e. The molecule has 0 bridgehead atoms. The van der Waals surface area contributed by atoms with Crippen LogP contribution in [0, 0.1) is 13.3 Å². The fourth-order valence-corrected chi connectivity index (χ4v) is 0.328. The summed E-state index contributed by atoms with van der Waals surface area (Å²) >= 11 is 0. The largest absolute Gasteiger partial charge is 1.00 e. The molecule has 0 saturated heterocycles. The number of hydrogen-bond donors (Lipinski definition) is 0. The summed E-state index contributed by atoms with van der Waals surface area (Å²) in [4.78, 5) is 7.30. The second-order valence-electron chi connectivity index (χ2n) is 1.36. The third-order valence-electron chi connectivity index (χ3n) is 0.652. The van der Waals surface area contributed by atoms with Crippen LogP contribution in [-0.2, 0) is 0 Å². The molecule has 0 aliphatic carbocycles. The Balaban J connectivity index is 0. The van der Waals surface area contributed by atoms with E-state index in [1.807, 2.05) is 20.8 Å². The molecule has 10 heavy (non-hydrogen) atoms. The first kappa shape index (κ1) is 13.3. The Morgan fingerprint density at radius 3 is 1.80 bits per heavy atom. The van der Waals surface area contributed by atoms with E-state index in [0.717, 1.165) is 5.56 Å². The van der Waals surface area contributed by atoms with Gasteiger partial charge in [0.15, 0.2) is 0 Å². The minimum atomic E-state index is 0. The minimum Gasteiger partial charge on any atom is -0.374 e. The van der Waals surface area contributed by atoms with Gasteiger partial charge in [0.05, 0.1) is 0 Å². The number of aryl methyl sites for hydroxylation is 1. The number of nitrogens with zero attached hydrogens (tertiary/aromatic N) is 2. The Kier molecular flexibility index (Phi) is 12.9. The minimum absolute atomic E-state index is 0. The van der Waals surface area contributed by atoms with E-state index in [1.54, 1.807) is 12.4 Å². The molecule has 0 amide bonds. The van der Waals surface area contributed by atoms with Gasteiger partial charge in [-0.05, 0) is 0 Å². The average molecular weight is 162 g/mol. The molecule has 3 heteroatoms. The molecule has 2 nitrogen and oxygen atoms in total. The van der Waals surface area contributed by atoms with Gasteiger partial charge in [-0.25, -0.2) is 0 Å². The Hall–Kier alpha value is 0.716. The van der Waals surface area contributed by atoms with Gasteiger partial charge in [0.1, 0.15) is 0 Å². The summed E-state index contributed by atoms with van der Waals surface area (Å²) in [6.07, 6.45) is 5.86. The van der Waals surface area contributed by atoms with Gasteiger partial charge in [0.25, 0.3) is 0 Å². The Bertz CT molecular complexity index is 142. The second-order valence-corrected chi connectivity index (χ2v) is 1.36. The van der Waals surface area contributed by atoms with Crippen LogP contribution in [0.25, 0.3) is 0 Å². The summed E-state index contributed by atoms with van der Waals surface area (Å²) in [5, 5.41) is 0. The van der Waals surface area contributed by atoms with Crippen molar-refractivity contribution >= 4 is 0 Å². The fraction of sp³-hybridized carbons (Fsp3) is 0.429. The van der Waals surface area contributed by atoms with E-state index in [2.05, 4.69) is 16.3 Å². The smallest absolute Gasteiger partial charge is 0.374 e. The molecule has 0 aliphatic rings. The zero-order valence-electron chi connectivity index (χ0n) is 7.05. The third kappa shape index (κ3) is 6.83. The van der Waals surface area contributed by atoms with Gasteiger partial charge in [0.2, 0.25) is 0 Å². The maximum atomic E-state index is 3.65. The molecule has 0 saturated carbocycles.